The third-order valence-corrected chi connectivity index (χ3v) is 7.77. The van der Waals surface area contributed by atoms with Crippen LogP contribution in [0.1, 0.15) is 10.4 Å². The van der Waals surface area contributed by atoms with Gasteiger partial charge < -0.3 is 19.5 Å². The van der Waals surface area contributed by atoms with E-state index in [9.17, 15) is 9.59 Å². The molecule has 194 valence electrons. The van der Waals surface area contributed by atoms with E-state index in [0.717, 1.165) is 28.8 Å². The first-order valence-corrected chi connectivity index (χ1v) is 14.0. The molecule has 0 saturated carbocycles. The topological polar surface area (TPSA) is 91.6 Å². The monoisotopic (exact) mass is 611 g/mol. The lowest BCUT2D eigenvalue weighted by molar-refractivity contribution is -0.113. The van der Waals surface area contributed by atoms with E-state index >= 15 is 0 Å². The number of nitrogens with zero attached hydrogens (tertiary/aromatic N) is 4. The zero-order valence-corrected chi connectivity index (χ0v) is 23.3. The Balaban J connectivity index is 1.09. The molecule has 0 radical (unpaired) electrons. The highest BCUT2D eigenvalue weighted by Crippen LogP contribution is 2.29. The molecule has 4 aromatic rings. The number of piperazine rings is 1. The van der Waals surface area contributed by atoms with Crippen molar-refractivity contribution in [2.24, 2.45) is 0 Å². The van der Waals surface area contributed by atoms with Crippen molar-refractivity contribution >= 4 is 62.5 Å². The van der Waals surface area contributed by atoms with Crippen molar-refractivity contribution in [1.82, 2.24) is 15.1 Å². The minimum atomic E-state index is -0.169. The number of nitrogens with one attached hydrogen (secondary N) is 1. The number of anilines is 2. The number of benzene rings is 3. The number of carbonyl (C=O) groups is 2. The van der Waals surface area contributed by atoms with Gasteiger partial charge in [0.1, 0.15) is 0 Å². The molecule has 38 heavy (non-hydrogen) atoms. The first kappa shape index (κ1) is 26.3. The summed E-state index contributed by atoms with van der Waals surface area (Å²) in [5.74, 6) is 0.383. The summed E-state index contributed by atoms with van der Waals surface area (Å²) in [4.78, 5) is 29.3. The Labute approximate surface area is 237 Å². The van der Waals surface area contributed by atoms with Crippen molar-refractivity contribution in [3.05, 3.63) is 87.9 Å². The SMILES string of the molecule is O=C(CSc1nnc(-c2ccccc2Br)o1)Nc1ccc(N2CCN(C(=O)c3ccc(Cl)cc3)CC2)cc1. The Hall–Kier alpha value is -3.34. The highest BCUT2D eigenvalue weighted by molar-refractivity contribution is 9.10. The normalized spacial score (nSPS) is 13.4. The van der Waals surface area contributed by atoms with Gasteiger partial charge in [0.05, 0.1) is 11.3 Å². The molecular weight excluding hydrogens is 590 g/mol. The molecule has 1 fully saturated rings. The fraction of sp³-hybridized carbons (Fsp3) is 0.185. The van der Waals surface area contributed by atoms with E-state index in [1.54, 1.807) is 24.3 Å². The van der Waals surface area contributed by atoms with Crippen LogP contribution < -0.4 is 10.2 Å². The second-order valence-electron chi connectivity index (χ2n) is 8.52. The van der Waals surface area contributed by atoms with Crippen molar-refractivity contribution in [3.63, 3.8) is 0 Å². The molecule has 1 aromatic heterocycles. The highest BCUT2D eigenvalue weighted by atomic mass is 79.9. The minimum absolute atomic E-state index is 0.0157. The number of amides is 2. The fourth-order valence-electron chi connectivity index (χ4n) is 4.03. The molecule has 2 amide bonds. The largest absolute Gasteiger partial charge is 0.411 e. The maximum Gasteiger partial charge on any atom is 0.277 e. The second kappa shape index (κ2) is 12.0. The highest BCUT2D eigenvalue weighted by Gasteiger charge is 2.22. The Morgan fingerprint density at radius 1 is 0.947 bits per heavy atom. The van der Waals surface area contributed by atoms with Gasteiger partial charge in [-0.1, -0.05) is 35.5 Å². The predicted molar refractivity (Wildman–Crippen MR) is 153 cm³/mol. The number of thioether (sulfide) groups is 1. The van der Waals surface area contributed by atoms with E-state index in [2.05, 4.69) is 36.3 Å². The number of hydrogen-bond donors (Lipinski definition) is 1. The van der Waals surface area contributed by atoms with E-state index in [1.807, 2.05) is 53.4 Å². The van der Waals surface area contributed by atoms with Crippen LogP contribution in [-0.2, 0) is 4.79 Å². The van der Waals surface area contributed by atoms with Crippen LogP contribution in [0.25, 0.3) is 11.5 Å². The van der Waals surface area contributed by atoms with Crippen molar-refractivity contribution in [2.75, 3.05) is 42.1 Å². The molecule has 0 unspecified atom stereocenters. The van der Waals surface area contributed by atoms with E-state index in [1.165, 1.54) is 11.8 Å². The second-order valence-corrected chi connectivity index (χ2v) is 10.7. The molecule has 1 aliphatic heterocycles. The molecule has 1 saturated heterocycles. The summed E-state index contributed by atoms with van der Waals surface area (Å²) in [5.41, 5.74) is 3.19. The average Bonchev–Trinajstić information content (AvgIpc) is 3.42. The Kier molecular flexibility index (Phi) is 8.31. The van der Waals surface area contributed by atoms with Gasteiger partial charge in [-0.15, -0.1) is 10.2 Å². The van der Waals surface area contributed by atoms with Crippen LogP contribution in [0.2, 0.25) is 5.02 Å². The molecule has 8 nitrogen and oxygen atoms in total. The van der Waals surface area contributed by atoms with Gasteiger partial charge in [-0.3, -0.25) is 9.59 Å². The lowest BCUT2D eigenvalue weighted by Gasteiger charge is -2.36. The summed E-state index contributed by atoms with van der Waals surface area (Å²) in [5, 5.41) is 11.9. The number of carbonyl (C=O) groups excluding carboxylic acids is 2. The van der Waals surface area contributed by atoms with Crippen LogP contribution in [0, 0.1) is 0 Å². The summed E-state index contributed by atoms with van der Waals surface area (Å²) in [6.07, 6.45) is 0. The molecule has 2 heterocycles. The van der Waals surface area contributed by atoms with Crippen LogP contribution in [0.4, 0.5) is 11.4 Å². The quantitative estimate of drug-likeness (QED) is 0.262. The number of halogens is 2. The standard InChI is InChI=1S/C27H23BrClN5O3S/c28-23-4-2-1-3-22(23)25-31-32-27(37-25)38-17-24(35)30-20-9-11-21(12-10-20)33-13-15-34(16-14-33)26(36)18-5-7-19(29)8-6-18/h1-12H,13-17H2,(H,30,35). The number of hydrogen-bond acceptors (Lipinski definition) is 7. The zero-order chi connectivity index (χ0) is 26.5. The smallest absolute Gasteiger partial charge is 0.277 e. The van der Waals surface area contributed by atoms with Gasteiger partial charge in [-0.2, -0.15) is 0 Å². The maximum atomic E-state index is 12.7. The third-order valence-electron chi connectivity index (χ3n) is 6.01. The van der Waals surface area contributed by atoms with Crippen molar-refractivity contribution in [1.29, 1.82) is 0 Å². The van der Waals surface area contributed by atoms with E-state index in [4.69, 9.17) is 16.0 Å². The molecule has 3 aromatic carbocycles. The van der Waals surface area contributed by atoms with Gasteiger partial charge in [-0.05, 0) is 76.6 Å². The first-order valence-electron chi connectivity index (χ1n) is 11.9. The van der Waals surface area contributed by atoms with Gasteiger partial charge >= 0.3 is 0 Å². The van der Waals surface area contributed by atoms with Gasteiger partial charge in [-0.25, -0.2) is 0 Å². The molecule has 11 heteroatoms. The van der Waals surface area contributed by atoms with Crippen molar-refractivity contribution in [2.45, 2.75) is 5.22 Å². The van der Waals surface area contributed by atoms with Gasteiger partial charge in [0.2, 0.25) is 11.8 Å². The average molecular weight is 613 g/mol. The summed E-state index contributed by atoms with van der Waals surface area (Å²) in [6, 6.07) is 22.2. The van der Waals surface area contributed by atoms with Gasteiger partial charge in [0, 0.05) is 52.6 Å². The minimum Gasteiger partial charge on any atom is -0.411 e. The van der Waals surface area contributed by atoms with Gasteiger partial charge in [0.25, 0.3) is 11.1 Å². The molecule has 0 bridgehead atoms. The summed E-state index contributed by atoms with van der Waals surface area (Å²) in [7, 11) is 0. The van der Waals surface area contributed by atoms with E-state index in [0.29, 0.717) is 40.5 Å². The Morgan fingerprint density at radius 3 is 2.37 bits per heavy atom. The molecular formula is C27H23BrClN5O3S. The van der Waals surface area contributed by atoms with Crippen molar-refractivity contribution < 1.29 is 14.0 Å². The maximum absolute atomic E-state index is 12.7. The number of rotatable bonds is 7. The summed E-state index contributed by atoms with van der Waals surface area (Å²) < 4.78 is 6.54. The van der Waals surface area contributed by atoms with E-state index < -0.39 is 0 Å². The van der Waals surface area contributed by atoms with Crippen LogP contribution in [0.5, 0.6) is 0 Å². The lowest BCUT2D eigenvalue weighted by Crippen LogP contribution is -2.48. The molecule has 1 N–H and O–H groups in total. The van der Waals surface area contributed by atoms with Crippen LogP contribution in [-0.4, -0.2) is 58.8 Å². The molecule has 5 rings (SSSR count). The summed E-state index contributed by atoms with van der Waals surface area (Å²) in [6.45, 7) is 2.73. The van der Waals surface area contributed by atoms with Crippen LogP contribution in [0.3, 0.4) is 0 Å². The molecule has 0 aliphatic carbocycles. The first-order chi connectivity index (χ1) is 18.5. The lowest BCUT2D eigenvalue weighted by atomic mass is 10.1. The molecule has 0 atom stereocenters. The third kappa shape index (κ3) is 6.38. The Morgan fingerprint density at radius 2 is 1.66 bits per heavy atom. The zero-order valence-electron chi connectivity index (χ0n) is 20.1. The van der Waals surface area contributed by atoms with E-state index in [-0.39, 0.29) is 17.6 Å². The summed E-state index contributed by atoms with van der Waals surface area (Å²) >= 11 is 10.6. The van der Waals surface area contributed by atoms with Crippen LogP contribution in [0.15, 0.2) is 86.9 Å². The van der Waals surface area contributed by atoms with Gasteiger partial charge in [0.15, 0.2) is 0 Å². The van der Waals surface area contributed by atoms with Crippen molar-refractivity contribution in [3.8, 4) is 11.5 Å². The van der Waals surface area contributed by atoms with Crippen LogP contribution >= 0.6 is 39.3 Å². The molecule has 1 aliphatic rings. The number of aromatic nitrogens is 2. The Bertz CT molecular complexity index is 1420. The fourth-order valence-corrected chi connectivity index (χ4v) is 5.18. The molecule has 0 spiro atoms. The predicted octanol–water partition coefficient (Wildman–Crippen LogP) is 5.85.